The molecule has 0 aliphatic heterocycles. The van der Waals surface area contributed by atoms with Crippen LogP contribution in [-0.2, 0) is 0 Å². The molecule has 0 aliphatic rings. The van der Waals surface area contributed by atoms with Gasteiger partial charge in [-0.2, -0.15) is 0 Å². The van der Waals surface area contributed by atoms with Gasteiger partial charge in [0.15, 0.2) is 0 Å². The molecule has 0 radical (unpaired) electrons. The smallest absolute Gasteiger partial charge is 0.0583 e. The molecule has 0 heterocycles. The Balaban J connectivity index is 0. The van der Waals surface area contributed by atoms with Crippen LogP contribution in [0.3, 0.4) is 0 Å². The third kappa shape index (κ3) is 24.6. The summed E-state index contributed by atoms with van der Waals surface area (Å²) >= 11 is 0. The molecule has 0 atom stereocenters. The highest BCUT2D eigenvalue weighted by molar-refractivity contribution is 7.74. The summed E-state index contributed by atoms with van der Waals surface area (Å²) in [6.45, 7) is 18.7. The van der Waals surface area contributed by atoms with Crippen LogP contribution < -0.4 is 0 Å². The van der Waals surface area contributed by atoms with Crippen LogP contribution in [0.5, 0.6) is 0 Å². The molecule has 82 valence electrons. The van der Waals surface area contributed by atoms with E-state index < -0.39 is 14.5 Å². The first kappa shape index (κ1) is 16.3. The maximum Gasteiger partial charge on any atom is 0.0583 e. The molecule has 13 heavy (non-hydrogen) atoms. The van der Waals surface area contributed by atoms with Gasteiger partial charge in [-0.15, -0.1) is 0 Å². The Bertz CT molecular complexity index is 106. The molecule has 0 aliphatic carbocycles. The molecule has 0 saturated carbocycles. The maximum absolute atomic E-state index is 2.39. The van der Waals surface area contributed by atoms with Crippen molar-refractivity contribution in [2.24, 2.45) is 0 Å². The van der Waals surface area contributed by atoms with Gasteiger partial charge >= 0.3 is 0 Å². The summed E-state index contributed by atoms with van der Waals surface area (Å²) in [6.07, 6.45) is 4.19. The van der Waals surface area contributed by atoms with E-state index in [1.54, 1.807) is 0 Å². The summed E-state index contributed by atoms with van der Waals surface area (Å²) in [5.74, 6) is 0. The van der Waals surface area contributed by atoms with Crippen LogP contribution in [0.2, 0.25) is 0 Å². The lowest BCUT2D eigenvalue weighted by Gasteiger charge is -2.08. The molecular weight excluding hydrogens is 194 g/mol. The van der Waals surface area contributed by atoms with Crippen molar-refractivity contribution >= 4 is 14.5 Å². The van der Waals surface area contributed by atoms with Crippen LogP contribution in [0.1, 0.15) is 20.3 Å². The van der Waals surface area contributed by atoms with Crippen LogP contribution in [0.25, 0.3) is 0 Å². The highest BCUT2D eigenvalue weighted by Gasteiger charge is 2.13. The van der Waals surface area contributed by atoms with Crippen molar-refractivity contribution in [1.29, 1.82) is 0 Å². The van der Waals surface area contributed by atoms with Gasteiger partial charge in [-0.3, -0.25) is 0 Å². The van der Waals surface area contributed by atoms with E-state index in [9.17, 15) is 0 Å². The molecule has 0 saturated heterocycles. The second-order valence-electron chi connectivity index (χ2n) is 5.62. The highest BCUT2D eigenvalue weighted by Crippen LogP contribution is 2.46. The lowest BCUT2D eigenvalue weighted by molar-refractivity contribution is 1.09. The summed E-state index contributed by atoms with van der Waals surface area (Å²) in [7, 11) is -0.812. The van der Waals surface area contributed by atoms with Crippen molar-refractivity contribution in [3.63, 3.8) is 0 Å². The fourth-order valence-electron chi connectivity index (χ4n) is 0.671. The molecule has 0 aromatic heterocycles. The zero-order valence-corrected chi connectivity index (χ0v) is 12.8. The third-order valence-electron chi connectivity index (χ3n) is 1.84. The van der Waals surface area contributed by atoms with Crippen LogP contribution in [0.4, 0.5) is 0 Å². The van der Waals surface area contributed by atoms with E-state index in [1.165, 1.54) is 18.7 Å². The van der Waals surface area contributed by atoms with Crippen molar-refractivity contribution in [1.82, 2.24) is 0 Å². The van der Waals surface area contributed by atoms with E-state index in [-0.39, 0.29) is 0 Å². The summed E-state index contributed by atoms with van der Waals surface area (Å²) in [6, 6.07) is 0. The Morgan fingerprint density at radius 3 is 1.00 bits per heavy atom. The minimum absolute atomic E-state index is 0.397. The second-order valence-corrected chi connectivity index (χ2v) is 15.9. The van der Waals surface area contributed by atoms with Crippen molar-refractivity contribution in [3.05, 3.63) is 0 Å². The van der Waals surface area contributed by atoms with Gasteiger partial charge in [-0.25, -0.2) is 0 Å². The zero-order valence-electron chi connectivity index (χ0n) is 11.0. The molecule has 0 bridgehead atoms. The lowest BCUT2D eigenvalue weighted by atomic mass is 10.6. The Kier molecular flexibility index (Phi) is 9.01. The SMILES string of the molecule is CCC[P+](C)(C)C.CC[P+](C)(C)C. The predicted molar refractivity (Wildman–Crippen MR) is 75.1 cm³/mol. The first-order valence-corrected chi connectivity index (χ1v) is 11.9. The molecule has 0 nitrogen and oxygen atoms in total. The molecule has 0 rings (SSSR count). The van der Waals surface area contributed by atoms with Crippen LogP contribution in [-0.4, -0.2) is 52.3 Å². The fourth-order valence-corrected chi connectivity index (χ4v) is 2.01. The minimum Gasteiger partial charge on any atom is -0.0619 e. The van der Waals surface area contributed by atoms with E-state index in [1.807, 2.05) is 0 Å². The first-order valence-electron chi connectivity index (χ1n) is 5.23. The fraction of sp³-hybridized carbons (Fsp3) is 1.00. The molecule has 0 N–H and O–H groups in total. The van der Waals surface area contributed by atoms with Gasteiger partial charge in [-0.1, -0.05) is 6.92 Å². The van der Waals surface area contributed by atoms with Crippen LogP contribution in [0, 0.1) is 0 Å². The van der Waals surface area contributed by atoms with Crippen LogP contribution >= 0.6 is 14.5 Å². The Morgan fingerprint density at radius 2 is 1.00 bits per heavy atom. The van der Waals surface area contributed by atoms with E-state index in [2.05, 4.69) is 53.8 Å². The number of hydrogen-bond acceptors (Lipinski definition) is 0. The monoisotopic (exact) mass is 224 g/mol. The predicted octanol–water partition coefficient (Wildman–Crippen LogP) is 4.22. The maximum atomic E-state index is 2.39. The van der Waals surface area contributed by atoms with Crippen LogP contribution in [0.15, 0.2) is 0 Å². The third-order valence-corrected chi connectivity index (χ3v) is 5.53. The largest absolute Gasteiger partial charge is 0.0619 e. The quantitative estimate of drug-likeness (QED) is 0.630. The van der Waals surface area contributed by atoms with Crippen molar-refractivity contribution in [3.8, 4) is 0 Å². The van der Waals surface area contributed by atoms with E-state index >= 15 is 0 Å². The van der Waals surface area contributed by atoms with Gasteiger partial charge in [0.2, 0.25) is 0 Å². The topological polar surface area (TPSA) is 0 Å². The molecule has 0 fully saturated rings. The number of rotatable bonds is 3. The van der Waals surface area contributed by atoms with Gasteiger partial charge in [0.05, 0.1) is 12.3 Å². The Morgan fingerprint density at radius 1 is 0.692 bits per heavy atom. The Labute approximate surface area is 87.6 Å². The summed E-state index contributed by atoms with van der Waals surface area (Å²) in [4.78, 5) is 0. The average Bonchev–Trinajstić information content (AvgIpc) is 1.84. The molecule has 2 heteroatoms. The van der Waals surface area contributed by atoms with Gasteiger partial charge in [0, 0.05) is 54.5 Å². The van der Waals surface area contributed by atoms with E-state index in [0.29, 0.717) is 0 Å². The highest BCUT2D eigenvalue weighted by atomic mass is 31.2. The minimum atomic E-state index is -0.416. The molecule has 0 amide bonds. The molecule has 0 spiro atoms. The van der Waals surface area contributed by atoms with Crippen molar-refractivity contribution in [2.75, 3.05) is 52.3 Å². The molecular formula is C11H30P2+2. The number of hydrogen-bond donors (Lipinski definition) is 0. The summed E-state index contributed by atoms with van der Waals surface area (Å²) in [5, 5.41) is 0. The van der Waals surface area contributed by atoms with Crippen molar-refractivity contribution < 1.29 is 0 Å². The zero-order chi connectivity index (χ0) is 11.1. The molecule has 0 unspecified atom stereocenters. The van der Waals surface area contributed by atoms with E-state index in [0.717, 1.165) is 0 Å². The van der Waals surface area contributed by atoms with Gasteiger partial charge in [0.1, 0.15) is 0 Å². The Hall–Kier alpha value is 0.860. The van der Waals surface area contributed by atoms with E-state index in [4.69, 9.17) is 0 Å². The summed E-state index contributed by atoms with van der Waals surface area (Å²) in [5.41, 5.74) is 0. The normalized spacial score (nSPS) is 12.0. The second kappa shape index (κ2) is 7.19. The summed E-state index contributed by atoms with van der Waals surface area (Å²) < 4.78 is 0. The molecule has 0 aromatic carbocycles. The standard InChI is InChI=1S/C6H16P.C5H14P/c1-5-6-7(2,3)4;1-5-6(2,3)4/h5-6H2,1-4H3;5H2,1-4H3/q2*+1. The average molecular weight is 224 g/mol. The van der Waals surface area contributed by atoms with Gasteiger partial charge in [-0.05, 0) is 13.3 Å². The first-order chi connectivity index (χ1) is 5.62. The van der Waals surface area contributed by atoms with Gasteiger partial charge in [0.25, 0.3) is 0 Å². The lowest BCUT2D eigenvalue weighted by Crippen LogP contribution is -1.89. The van der Waals surface area contributed by atoms with Crippen molar-refractivity contribution in [2.45, 2.75) is 20.3 Å². The van der Waals surface area contributed by atoms with Gasteiger partial charge < -0.3 is 0 Å². The molecule has 0 aromatic rings.